The van der Waals surface area contributed by atoms with Gasteiger partial charge >= 0.3 is 12.1 Å². The molecule has 0 aliphatic carbocycles. The lowest BCUT2D eigenvalue weighted by atomic mass is 10.0. The summed E-state index contributed by atoms with van der Waals surface area (Å²) >= 11 is 0. The summed E-state index contributed by atoms with van der Waals surface area (Å²) in [6.07, 6.45) is -3.28. The minimum atomic E-state index is -5.08. The first-order valence-corrected chi connectivity index (χ1v) is 17.2. The number of guanidine groups is 1. The number of aliphatic carboxylic acids is 1. The number of halogens is 3. The number of rotatable bonds is 16. The van der Waals surface area contributed by atoms with E-state index in [1.165, 1.54) is 6.92 Å². The Morgan fingerprint density at radius 3 is 2.19 bits per heavy atom. The van der Waals surface area contributed by atoms with E-state index in [-0.39, 0.29) is 43.3 Å². The van der Waals surface area contributed by atoms with Gasteiger partial charge < -0.3 is 42.6 Å². The summed E-state index contributed by atoms with van der Waals surface area (Å²) in [5.74, 6) is -4.61. The molecule has 54 heavy (non-hydrogen) atoms. The van der Waals surface area contributed by atoms with Crippen molar-refractivity contribution in [3.8, 4) is 0 Å². The predicted octanol–water partition coefficient (Wildman–Crippen LogP) is 2.51. The van der Waals surface area contributed by atoms with Crippen LogP contribution in [0.3, 0.4) is 0 Å². The van der Waals surface area contributed by atoms with Crippen molar-refractivity contribution in [3.63, 3.8) is 0 Å². The van der Waals surface area contributed by atoms with Crippen LogP contribution in [0.4, 0.5) is 13.2 Å². The number of nitrogens with two attached hydrogens (primary N) is 3. The van der Waals surface area contributed by atoms with Gasteiger partial charge in [0.25, 0.3) is 0 Å². The highest BCUT2D eigenvalue weighted by Crippen LogP contribution is 2.27. The molecule has 0 radical (unpaired) electrons. The van der Waals surface area contributed by atoms with Gasteiger partial charge in [0.2, 0.25) is 23.6 Å². The molecule has 4 atom stereocenters. The first kappa shape index (κ1) is 42.7. The third-order valence-corrected chi connectivity index (χ3v) is 8.46. The quantitative estimate of drug-likeness (QED) is 0.0715. The van der Waals surface area contributed by atoms with E-state index >= 15 is 0 Å². The molecule has 3 aromatic carbocycles. The number of likely N-dealkylation sites (tertiary alicyclic amines) is 1. The molecule has 0 bridgehead atoms. The fourth-order valence-corrected chi connectivity index (χ4v) is 5.94. The van der Waals surface area contributed by atoms with E-state index in [4.69, 9.17) is 31.8 Å². The van der Waals surface area contributed by atoms with E-state index in [0.29, 0.717) is 39.0 Å². The van der Waals surface area contributed by atoms with Crippen LogP contribution in [0.5, 0.6) is 0 Å². The molecular weight excluding hydrogens is 711 g/mol. The SMILES string of the molecule is CC(=O)N[C@@H](CCC(N)=O)C(=O)N[C@H](Cc1ccccc1)C(=O)N1C[C@H](OCc2ccc3ccccc3c2)C[C@H]1CCCN=C(N)N.O=C(O)C(F)(F)F. The molecule has 1 aliphatic heterocycles. The van der Waals surface area contributed by atoms with Crippen molar-refractivity contribution in [2.75, 3.05) is 13.1 Å². The number of benzene rings is 3. The Morgan fingerprint density at radius 1 is 0.926 bits per heavy atom. The lowest BCUT2D eigenvalue weighted by Gasteiger charge is -2.30. The Morgan fingerprint density at radius 2 is 1.57 bits per heavy atom. The zero-order chi connectivity index (χ0) is 39.8. The number of carbonyl (C=O) groups excluding carboxylic acids is 4. The Labute approximate surface area is 310 Å². The highest BCUT2D eigenvalue weighted by atomic mass is 19.4. The second kappa shape index (κ2) is 20.5. The summed E-state index contributed by atoms with van der Waals surface area (Å²) in [6.45, 7) is 2.44. The fourth-order valence-electron chi connectivity index (χ4n) is 5.94. The van der Waals surface area contributed by atoms with Crippen molar-refractivity contribution < 1.29 is 47.0 Å². The number of nitrogens with one attached hydrogen (secondary N) is 2. The number of carboxylic acids is 1. The van der Waals surface area contributed by atoms with E-state index in [2.05, 4.69) is 39.9 Å². The molecule has 14 nitrogen and oxygen atoms in total. The van der Waals surface area contributed by atoms with Crippen LogP contribution >= 0.6 is 0 Å². The van der Waals surface area contributed by atoms with Crippen LogP contribution in [0.15, 0.2) is 77.8 Å². The Bertz CT molecular complexity index is 1770. The third-order valence-electron chi connectivity index (χ3n) is 8.46. The molecule has 0 spiro atoms. The van der Waals surface area contributed by atoms with Crippen molar-refractivity contribution in [3.05, 3.63) is 83.9 Å². The van der Waals surface area contributed by atoms with Crippen molar-refractivity contribution in [1.82, 2.24) is 15.5 Å². The molecule has 1 saturated heterocycles. The van der Waals surface area contributed by atoms with Gasteiger partial charge in [-0.3, -0.25) is 24.2 Å². The van der Waals surface area contributed by atoms with Gasteiger partial charge in [-0.2, -0.15) is 13.2 Å². The number of primary amides is 1. The molecule has 1 fully saturated rings. The molecule has 1 aliphatic rings. The van der Waals surface area contributed by atoms with Gasteiger partial charge in [0.1, 0.15) is 12.1 Å². The van der Waals surface area contributed by atoms with Crippen LogP contribution in [0.2, 0.25) is 0 Å². The number of ether oxygens (including phenoxy) is 1. The van der Waals surface area contributed by atoms with Gasteiger partial charge in [0.05, 0.1) is 12.7 Å². The zero-order valence-electron chi connectivity index (χ0n) is 29.8. The normalized spacial score (nSPS) is 16.3. The molecule has 17 heteroatoms. The predicted molar refractivity (Wildman–Crippen MR) is 194 cm³/mol. The highest BCUT2D eigenvalue weighted by Gasteiger charge is 2.40. The number of alkyl halides is 3. The first-order valence-electron chi connectivity index (χ1n) is 17.2. The molecule has 1 heterocycles. The van der Waals surface area contributed by atoms with Crippen LogP contribution in [0.25, 0.3) is 10.8 Å². The van der Waals surface area contributed by atoms with Crippen molar-refractivity contribution in [2.24, 2.45) is 22.2 Å². The summed E-state index contributed by atoms with van der Waals surface area (Å²) in [5.41, 5.74) is 18.2. The maximum absolute atomic E-state index is 14.3. The molecular formula is C37H46F3N7O7. The Kier molecular flexibility index (Phi) is 16.2. The van der Waals surface area contributed by atoms with Gasteiger partial charge in [-0.1, -0.05) is 66.7 Å². The minimum absolute atomic E-state index is 0.00874. The van der Waals surface area contributed by atoms with Gasteiger partial charge in [-0.05, 0) is 53.6 Å². The second-order valence-corrected chi connectivity index (χ2v) is 12.8. The van der Waals surface area contributed by atoms with Crippen LogP contribution in [-0.2, 0) is 41.7 Å². The van der Waals surface area contributed by atoms with Crippen LogP contribution in [0, 0.1) is 0 Å². The summed E-state index contributed by atoms with van der Waals surface area (Å²) in [4.78, 5) is 65.9. The van der Waals surface area contributed by atoms with Crippen molar-refractivity contribution in [2.45, 2.75) is 82.5 Å². The Hall–Kier alpha value is -5.71. The van der Waals surface area contributed by atoms with Gasteiger partial charge in [-0.15, -0.1) is 0 Å². The molecule has 0 saturated carbocycles. The number of carbonyl (C=O) groups is 5. The summed E-state index contributed by atoms with van der Waals surface area (Å²) in [6, 6.07) is 21.6. The van der Waals surface area contributed by atoms with Crippen molar-refractivity contribution >= 4 is 46.3 Å². The Balaban J connectivity index is 0.00000102. The monoisotopic (exact) mass is 757 g/mol. The lowest BCUT2D eigenvalue weighted by molar-refractivity contribution is -0.192. The van der Waals surface area contributed by atoms with Gasteiger partial charge in [0.15, 0.2) is 5.96 Å². The molecule has 4 amide bonds. The van der Waals surface area contributed by atoms with E-state index < -0.39 is 42.0 Å². The molecule has 3 aromatic rings. The number of hydrogen-bond acceptors (Lipinski definition) is 7. The van der Waals surface area contributed by atoms with Crippen molar-refractivity contribution in [1.29, 1.82) is 0 Å². The van der Waals surface area contributed by atoms with E-state index in [9.17, 15) is 32.3 Å². The molecule has 4 rings (SSSR count). The number of fused-ring (bicyclic) bond motifs is 1. The summed E-state index contributed by atoms with van der Waals surface area (Å²) in [7, 11) is 0. The lowest BCUT2D eigenvalue weighted by Crippen LogP contribution is -2.55. The van der Waals surface area contributed by atoms with E-state index in [1.807, 2.05) is 48.5 Å². The molecule has 292 valence electrons. The molecule has 9 N–H and O–H groups in total. The average Bonchev–Trinajstić information content (AvgIpc) is 3.53. The smallest absolute Gasteiger partial charge is 0.475 e. The fraction of sp³-hybridized carbons (Fsp3) is 0.405. The number of hydrogen-bond donors (Lipinski definition) is 6. The summed E-state index contributed by atoms with van der Waals surface area (Å²) in [5, 5.41) is 14.9. The minimum Gasteiger partial charge on any atom is -0.475 e. The average molecular weight is 758 g/mol. The maximum Gasteiger partial charge on any atom is 0.490 e. The molecule has 0 aromatic heterocycles. The van der Waals surface area contributed by atoms with Gasteiger partial charge in [0, 0.05) is 38.9 Å². The van der Waals surface area contributed by atoms with Gasteiger partial charge in [-0.25, -0.2) is 4.79 Å². The number of amides is 4. The maximum atomic E-state index is 14.3. The standard InChI is InChI=1S/C35H45N7O5.C2HF3O2/c1-23(43)40-30(15-16-32(36)44)33(45)41-31(19-24-8-3-2-4-9-24)34(46)42-21-29(20-28(42)12-7-17-39-35(37)38)47-22-25-13-14-26-10-5-6-11-27(26)18-25;3-2(4,5)1(6)7/h2-6,8-11,13-14,18,28-31H,7,12,15-17,19-22H2,1H3,(H2,36,44)(H,40,43)(H,41,45)(H4,37,38,39);(H,6,7)/t28-,29-,30+,31-;/m1./s1. The first-order chi connectivity index (χ1) is 25.5. The number of aliphatic imine (C=N–C) groups is 1. The largest absolute Gasteiger partial charge is 0.490 e. The topological polar surface area (TPSA) is 233 Å². The third kappa shape index (κ3) is 14.4. The van der Waals surface area contributed by atoms with Crippen LogP contribution < -0.4 is 27.8 Å². The summed E-state index contributed by atoms with van der Waals surface area (Å²) < 4.78 is 38.1. The van der Waals surface area contributed by atoms with E-state index in [0.717, 1.165) is 21.9 Å². The second-order valence-electron chi connectivity index (χ2n) is 12.8. The van der Waals surface area contributed by atoms with E-state index in [1.54, 1.807) is 4.90 Å². The zero-order valence-corrected chi connectivity index (χ0v) is 29.8. The van der Waals surface area contributed by atoms with Crippen LogP contribution in [-0.4, -0.2) is 89.1 Å². The number of carboxylic acid groups (broad SMARTS) is 1. The molecule has 0 unspecified atom stereocenters. The van der Waals surface area contributed by atoms with Crippen LogP contribution in [0.1, 0.15) is 50.2 Å². The number of nitrogens with zero attached hydrogens (tertiary/aromatic N) is 2. The highest BCUT2D eigenvalue weighted by molar-refractivity contribution is 5.92.